The fraction of sp³-hybridized carbons (Fsp3) is 0.429. The van der Waals surface area contributed by atoms with Crippen molar-refractivity contribution in [2.24, 2.45) is 0 Å². The van der Waals surface area contributed by atoms with E-state index in [1.54, 1.807) is 26.0 Å². The maximum Gasteiger partial charge on any atom is 0.205 e. The van der Waals surface area contributed by atoms with Crippen LogP contribution in [0.2, 0.25) is 5.02 Å². The molecule has 2 rings (SSSR count). The number of methoxy groups -OCH3 is 1. The van der Waals surface area contributed by atoms with Crippen molar-refractivity contribution in [1.82, 2.24) is 0 Å². The molecule has 0 N–H and O–H groups in total. The van der Waals surface area contributed by atoms with Gasteiger partial charge in [0.1, 0.15) is 11.7 Å². The molecule has 1 fully saturated rings. The molecule has 102 valence electrons. The number of Topliss-reactive ketones (excluding diaryl/α,β-unsaturated/α-hetero) is 1. The van der Waals surface area contributed by atoms with Crippen LogP contribution in [0.1, 0.15) is 30.9 Å². The number of aryl methyl sites for hydroxylation is 1. The van der Waals surface area contributed by atoms with E-state index in [2.05, 4.69) is 0 Å². The average Bonchev–Trinajstić information content (AvgIpc) is 2.49. The molecule has 1 atom stereocenters. The second-order valence-corrected chi connectivity index (χ2v) is 7.13. The van der Waals surface area contributed by atoms with E-state index in [9.17, 15) is 9.59 Å². The molecule has 1 heterocycles. The second-order valence-electron chi connectivity index (χ2n) is 5.09. The van der Waals surface area contributed by atoms with Crippen molar-refractivity contribution < 1.29 is 14.3 Å². The molecule has 0 aromatic heterocycles. The van der Waals surface area contributed by atoms with Crippen LogP contribution in [0.15, 0.2) is 12.1 Å². The third kappa shape index (κ3) is 2.39. The number of hydrogen-bond acceptors (Lipinski definition) is 4. The Bertz CT molecular complexity index is 566. The van der Waals surface area contributed by atoms with Gasteiger partial charge in [0.2, 0.25) is 5.12 Å². The Morgan fingerprint density at radius 2 is 1.95 bits per heavy atom. The van der Waals surface area contributed by atoms with E-state index < -0.39 is 10.7 Å². The lowest BCUT2D eigenvalue weighted by Crippen LogP contribution is -2.26. The molecule has 0 saturated carbocycles. The zero-order chi connectivity index (χ0) is 14.4. The number of benzene rings is 1. The highest BCUT2D eigenvalue weighted by molar-refractivity contribution is 8.16. The van der Waals surface area contributed by atoms with Gasteiger partial charge in [-0.25, -0.2) is 0 Å². The zero-order valence-corrected chi connectivity index (χ0v) is 12.8. The first kappa shape index (κ1) is 14.4. The number of hydrogen-bond donors (Lipinski definition) is 0. The van der Waals surface area contributed by atoms with Gasteiger partial charge < -0.3 is 4.74 Å². The predicted molar refractivity (Wildman–Crippen MR) is 77.2 cm³/mol. The fourth-order valence-electron chi connectivity index (χ4n) is 2.23. The molecule has 0 amide bonds. The summed E-state index contributed by atoms with van der Waals surface area (Å²) >= 11 is 7.29. The molecule has 0 bridgehead atoms. The summed E-state index contributed by atoms with van der Waals surface area (Å²) in [6.07, 6.45) is 0. The molecule has 1 aliphatic heterocycles. The highest BCUT2D eigenvalue weighted by Gasteiger charge is 2.50. The Morgan fingerprint density at radius 1 is 1.32 bits per heavy atom. The van der Waals surface area contributed by atoms with Crippen LogP contribution in [0.25, 0.3) is 0 Å². The summed E-state index contributed by atoms with van der Waals surface area (Å²) in [5.41, 5.74) is 1.42. The summed E-state index contributed by atoms with van der Waals surface area (Å²) in [4.78, 5) is 24.5. The van der Waals surface area contributed by atoms with E-state index in [-0.39, 0.29) is 10.9 Å². The van der Waals surface area contributed by atoms with Crippen molar-refractivity contribution in [2.45, 2.75) is 31.4 Å². The average molecular weight is 299 g/mol. The molecule has 0 aliphatic carbocycles. The van der Waals surface area contributed by atoms with Crippen LogP contribution < -0.4 is 4.74 Å². The maximum atomic E-state index is 12.4. The van der Waals surface area contributed by atoms with Crippen LogP contribution in [0.4, 0.5) is 0 Å². The van der Waals surface area contributed by atoms with Gasteiger partial charge in [-0.15, -0.1) is 0 Å². The number of rotatable bonds is 2. The van der Waals surface area contributed by atoms with Gasteiger partial charge in [-0.05, 0) is 38.5 Å². The summed E-state index contributed by atoms with van der Waals surface area (Å²) in [7, 11) is 1.51. The van der Waals surface area contributed by atoms with E-state index in [1.165, 1.54) is 7.11 Å². The topological polar surface area (TPSA) is 43.4 Å². The van der Waals surface area contributed by atoms with Crippen LogP contribution in [0.3, 0.4) is 0 Å². The SMILES string of the molecule is COc1cc(C)cc(Cl)c1C1C(=O)SC(C)(C)C1=O. The van der Waals surface area contributed by atoms with E-state index >= 15 is 0 Å². The van der Waals surface area contributed by atoms with Crippen LogP contribution in [0.5, 0.6) is 5.75 Å². The number of thioether (sulfide) groups is 1. The minimum Gasteiger partial charge on any atom is -0.496 e. The summed E-state index contributed by atoms with van der Waals surface area (Å²) in [5.74, 6) is -0.454. The molecule has 1 aromatic rings. The zero-order valence-electron chi connectivity index (χ0n) is 11.2. The van der Waals surface area contributed by atoms with Gasteiger partial charge in [-0.3, -0.25) is 9.59 Å². The molecule has 5 heteroatoms. The van der Waals surface area contributed by atoms with Gasteiger partial charge in [-0.1, -0.05) is 23.4 Å². The van der Waals surface area contributed by atoms with Crippen molar-refractivity contribution in [2.75, 3.05) is 7.11 Å². The third-order valence-electron chi connectivity index (χ3n) is 3.19. The minimum atomic E-state index is -0.831. The molecule has 1 unspecified atom stereocenters. The summed E-state index contributed by atoms with van der Waals surface area (Å²) in [6, 6.07) is 3.54. The molecular weight excluding hydrogens is 284 g/mol. The highest BCUT2D eigenvalue weighted by Crippen LogP contribution is 2.48. The quantitative estimate of drug-likeness (QED) is 0.785. The number of carbonyl (C=O) groups excluding carboxylic acids is 2. The predicted octanol–water partition coefficient (Wildman–Crippen LogP) is 3.36. The first-order chi connectivity index (χ1) is 8.77. The van der Waals surface area contributed by atoms with Crippen LogP contribution in [-0.4, -0.2) is 22.8 Å². The van der Waals surface area contributed by atoms with E-state index in [0.29, 0.717) is 16.3 Å². The maximum absolute atomic E-state index is 12.4. The molecule has 1 saturated heterocycles. The lowest BCUT2D eigenvalue weighted by Gasteiger charge is -2.17. The van der Waals surface area contributed by atoms with E-state index in [0.717, 1.165) is 17.3 Å². The van der Waals surface area contributed by atoms with Crippen molar-refractivity contribution in [3.63, 3.8) is 0 Å². The highest BCUT2D eigenvalue weighted by atomic mass is 35.5. The fourth-order valence-corrected chi connectivity index (χ4v) is 3.67. The van der Waals surface area contributed by atoms with Crippen molar-refractivity contribution in [3.8, 4) is 5.75 Å². The van der Waals surface area contributed by atoms with Crippen molar-refractivity contribution >= 4 is 34.3 Å². The van der Waals surface area contributed by atoms with Gasteiger partial charge in [0.05, 0.1) is 11.9 Å². The molecule has 3 nitrogen and oxygen atoms in total. The van der Waals surface area contributed by atoms with Gasteiger partial charge >= 0.3 is 0 Å². The standard InChI is InChI=1S/C14H15ClO3S/c1-7-5-8(15)10(9(6-7)18-4)11-12(16)14(2,3)19-13(11)17/h5-6,11H,1-4H3. The van der Waals surface area contributed by atoms with E-state index in [4.69, 9.17) is 16.3 Å². The van der Waals surface area contributed by atoms with Gasteiger partial charge in [0, 0.05) is 10.6 Å². The Balaban J connectivity index is 2.60. The Kier molecular flexibility index (Phi) is 3.67. The third-order valence-corrected chi connectivity index (χ3v) is 4.65. The Labute approximate surface area is 121 Å². The lowest BCUT2D eigenvalue weighted by molar-refractivity contribution is -0.124. The number of ketones is 1. The Hall–Kier alpha value is -1.00. The smallest absolute Gasteiger partial charge is 0.205 e. The first-order valence-corrected chi connectivity index (χ1v) is 7.08. The van der Waals surface area contributed by atoms with E-state index in [1.807, 2.05) is 6.92 Å². The van der Waals surface area contributed by atoms with Gasteiger partial charge in [0.25, 0.3) is 0 Å². The van der Waals surface area contributed by atoms with Crippen LogP contribution >= 0.6 is 23.4 Å². The molecule has 0 spiro atoms. The molecule has 1 aliphatic rings. The molecular formula is C14H15ClO3S. The number of ether oxygens (including phenoxy) is 1. The summed E-state index contributed by atoms with van der Waals surface area (Å²) in [5, 5.41) is 0.237. The summed E-state index contributed by atoms with van der Waals surface area (Å²) in [6.45, 7) is 5.40. The minimum absolute atomic E-state index is 0.119. The molecule has 1 aromatic carbocycles. The van der Waals surface area contributed by atoms with Crippen molar-refractivity contribution in [1.29, 1.82) is 0 Å². The Morgan fingerprint density at radius 3 is 2.42 bits per heavy atom. The number of carbonyl (C=O) groups is 2. The first-order valence-electron chi connectivity index (χ1n) is 5.89. The monoisotopic (exact) mass is 298 g/mol. The van der Waals surface area contributed by atoms with Gasteiger partial charge in [-0.2, -0.15) is 0 Å². The second kappa shape index (κ2) is 4.84. The number of halogens is 1. The van der Waals surface area contributed by atoms with Gasteiger partial charge in [0.15, 0.2) is 5.78 Å². The normalized spacial score (nSPS) is 21.8. The van der Waals surface area contributed by atoms with Crippen LogP contribution in [0, 0.1) is 6.92 Å². The molecule has 0 radical (unpaired) electrons. The largest absolute Gasteiger partial charge is 0.496 e. The molecule has 19 heavy (non-hydrogen) atoms. The van der Waals surface area contributed by atoms with Crippen molar-refractivity contribution in [3.05, 3.63) is 28.3 Å². The lowest BCUT2D eigenvalue weighted by atomic mass is 9.89. The summed E-state index contributed by atoms with van der Waals surface area (Å²) < 4.78 is 4.58. The van der Waals surface area contributed by atoms with Crippen LogP contribution in [-0.2, 0) is 9.59 Å².